The molecule has 2 N–H and O–H groups in total. The van der Waals surface area contributed by atoms with Crippen LogP contribution in [-0.4, -0.2) is 23.3 Å². The van der Waals surface area contributed by atoms with Crippen LogP contribution >= 0.6 is 23.6 Å². The zero-order chi connectivity index (χ0) is 9.10. The van der Waals surface area contributed by atoms with Crippen LogP contribution in [0.25, 0.3) is 0 Å². The summed E-state index contributed by atoms with van der Waals surface area (Å²) in [5.74, 6) is 0. The van der Waals surface area contributed by atoms with Crippen LogP contribution < -0.4 is 10.6 Å². The minimum atomic E-state index is 0.752. The van der Waals surface area contributed by atoms with Crippen molar-refractivity contribution in [3.8, 4) is 0 Å². The van der Waals surface area contributed by atoms with E-state index in [9.17, 15) is 0 Å². The highest BCUT2D eigenvalue weighted by atomic mass is 32.1. The van der Waals surface area contributed by atoms with Gasteiger partial charge in [0.25, 0.3) is 0 Å². The van der Waals surface area contributed by atoms with Crippen LogP contribution in [0.5, 0.6) is 0 Å². The van der Waals surface area contributed by atoms with Crippen LogP contribution in [0.15, 0.2) is 17.5 Å². The molecule has 0 aromatic carbocycles. The summed E-state index contributed by atoms with van der Waals surface area (Å²) in [4.78, 5) is 3.65. The summed E-state index contributed by atoms with van der Waals surface area (Å²) in [6, 6.07) is 4.23. The minimum Gasteiger partial charge on any atom is -0.350 e. The van der Waals surface area contributed by atoms with Crippen molar-refractivity contribution >= 4 is 28.7 Å². The van der Waals surface area contributed by atoms with Gasteiger partial charge in [-0.3, -0.25) is 4.90 Å². The van der Waals surface area contributed by atoms with Gasteiger partial charge in [-0.25, -0.2) is 0 Å². The van der Waals surface area contributed by atoms with Crippen LogP contribution in [0.2, 0.25) is 0 Å². The van der Waals surface area contributed by atoms with Crippen molar-refractivity contribution < 1.29 is 0 Å². The van der Waals surface area contributed by atoms with Crippen LogP contribution in [0.4, 0.5) is 0 Å². The van der Waals surface area contributed by atoms with Gasteiger partial charge >= 0.3 is 0 Å². The fourth-order valence-corrected chi connectivity index (χ4v) is 2.10. The Morgan fingerprint density at radius 1 is 1.46 bits per heavy atom. The van der Waals surface area contributed by atoms with Gasteiger partial charge in [-0.1, -0.05) is 6.07 Å². The molecule has 70 valence electrons. The molecule has 13 heavy (non-hydrogen) atoms. The van der Waals surface area contributed by atoms with Crippen molar-refractivity contribution in [2.75, 3.05) is 13.3 Å². The molecule has 1 fully saturated rings. The van der Waals surface area contributed by atoms with E-state index in [-0.39, 0.29) is 0 Å². The van der Waals surface area contributed by atoms with Gasteiger partial charge in [-0.15, -0.1) is 11.3 Å². The molecule has 1 aromatic heterocycles. The zero-order valence-corrected chi connectivity index (χ0v) is 8.75. The van der Waals surface area contributed by atoms with E-state index in [0.29, 0.717) is 0 Å². The molecule has 0 bridgehead atoms. The van der Waals surface area contributed by atoms with E-state index in [2.05, 4.69) is 33.0 Å². The number of hydrogen-bond acceptors (Lipinski definition) is 3. The predicted octanol–water partition coefficient (Wildman–Crippen LogP) is 0.943. The van der Waals surface area contributed by atoms with Crippen LogP contribution in [0.1, 0.15) is 4.88 Å². The third-order valence-electron chi connectivity index (χ3n) is 1.89. The molecular formula is C8H11N3S2. The van der Waals surface area contributed by atoms with E-state index < -0.39 is 0 Å². The predicted molar refractivity (Wildman–Crippen MR) is 58.5 cm³/mol. The standard InChI is InChI=1S/C8H11N3S2/c12-8-9-5-11(6-10-8)4-7-2-1-3-13-7/h1-3H,4-6H2,(H2,9,10,12). The van der Waals surface area contributed by atoms with Crippen LogP contribution in [0.3, 0.4) is 0 Å². The van der Waals surface area contributed by atoms with Gasteiger partial charge in [-0.2, -0.15) is 0 Å². The van der Waals surface area contributed by atoms with Crippen molar-refractivity contribution in [2.45, 2.75) is 6.54 Å². The lowest BCUT2D eigenvalue weighted by atomic mass is 10.4. The molecular weight excluding hydrogens is 202 g/mol. The number of hydrogen-bond donors (Lipinski definition) is 2. The van der Waals surface area contributed by atoms with Crippen molar-refractivity contribution in [1.29, 1.82) is 0 Å². The summed E-state index contributed by atoms with van der Waals surface area (Å²) < 4.78 is 0. The first kappa shape index (κ1) is 8.93. The van der Waals surface area contributed by atoms with Crippen molar-refractivity contribution in [2.24, 2.45) is 0 Å². The maximum absolute atomic E-state index is 4.96. The number of nitrogens with zero attached hydrogens (tertiary/aromatic N) is 1. The average Bonchev–Trinajstić information content (AvgIpc) is 2.62. The summed E-state index contributed by atoms with van der Waals surface area (Å²) >= 11 is 6.75. The molecule has 0 saturated carbocycles. The van der Waals surface area contributed by atoms with Crippen LogP contribution in [-0.2, 0) is 6.54 Å². The summed E-state index contributed by atoms with van der Waals surface area (Å²) in [6.45, 7) is 2.66. The quantitative estimate of drug-likeness (QED) is 0.715. The number of thiocarbonyl (C=S) groups is 1. The monoisotopic (exact) mass is 213 g/mol. The first-order valence-corrected chi connectivity index (χ1v) is 5.40. The Balaban J connectivity index is 1.86. The van der Waals surface area contributed by atoms with Gasteiger partial charge in [0.2, 0.25) is 0 Å². The lowest BCUT2D eigenvalue weighted by Crippen LogP contribution is -2.53. The average molecular weight is 213 g/mol. The Morgan fingerprint density at radius 3 is 2.85 bits per heavy atom. The second kappa shape index (κ2) is 4.04. The highest BCUT2D eigenvalue weighted by molar-refractivity contribution is 7.80. The third kappa shape index (κ3) is 2.40. The van der Waals surface area contributed by atoms with Crippen molar-refractivity contribution in [3.05, 3.63) is 22.4 Å². The number of nitrogens with one attached hydrogen (secondary N) is 2. The molecule has 0 spiro atoms. The molecule has 1 saturated heterocycles. The summed E-state index contributed by atoms with van der Waals surface area (Å²) in [7, 11) is 0. The lowest BCUT2D eigenvalue weighted by Gasteiger charge is -2.28. The molecule has 0 amide bonds. The van der Waals surface area contributed by atoms with E-state index in [1.54, 1.807) is 11.3 Å². The first-order chi connectivity index (χ1) is 6.34. The fraction of sp³-hybridized carbons (Fsp3) is 0.375. The minimum absolute atomic E-state index is 0.752. The van der Waals surface area contributed by atoms with Gasteiger partial charge in [-0.05, 0) is 23.7 Å². The zero-order valence-electron chi connectivity index (χ0n) is 7.12. The maximum atomic E-state index is 4.96. The first-order valence-electron chi connectivity index (χ1n) is 4.11. The van der Waals surface area contributed by atoms with E-state index in [0.717, 1.165) is 25.0 Å². The molecule has 0 aliphatic carbocycles. The topological polar surface area (TPSA) is 27.3 Å². The third-order valence-corrected chi connectivity index (χ3v) is 3.04. The molecule has 0 radical (unpaired) electrons. The molecule has 0 unspecified atom stereocenters. The van der Waals surface area contributed by atoms with Crippen LogP contribution in [0, 0.1) is 0 Å². The van der Waals surface area contributed by atoms with E-state index >= 15 is 0 Å². The Morgan fingerprint density at radius 2 is 2.23 bits per heavy atom. The second-order valence-corrected chi connectivity index (χ2v) is 4.35. The summed E-state index contributed by atoms with van der Waals surface area (Å²) in [5, 5.41) is 9.05. The van der Waals surface area contributed by atoms with E-state index in [1.165, 1.54) is 4.88 Å². The smallest absolute Gasteiger partial charge is 0.168 e. The lowest BCUT2D eigenvalue weighted by molar-refractivity contribution is 0.238. The molecule has 1 aromatic rings. The van der Waals surface area contributed by atoms with Gasteiger partial charge in [0.05, 0.1) is 13.3 Å². The molecule has 5 heteroatoms. The van der Waals surface area contributed by atoms with Crippen molar-refractivity contribution in [1.82, 2.24) is 15.5 Å². The highest BCUT2D eigenvalue weighted by Gasteiger charge is 2.11. The number of thiophene rings is 1. The SMILES string of the molecule is S=C1NCN(Cc2cccs2)CN1. The fourth-order valence-electron chi connectivity index (χ4n) is 1.22. The molecule has 0 atom stereocenters. The second-order valence-electron chi connectivity index (χ2n) is 2.91. The largest absolute Gasteiger partial charge is 0.350 e. The molecule has 2 heterocycles. The summed E-state index contributed by atoms with van der Waals surface area (Å²) in [5.41, 5.74) is 0. The molecule has 2 rings (SSSR count). The molecule has 1 aliphatic heterocycles. The van der Waals surface area contributed by atoms with Crippen molar-refractivity contribution in [3.63, 3.8) is 0 Å². The number of rotatable bonds is 2. The Kier molecular flexibility index (Phi) is 2.77. The maximum Gasteiger partial charge on any atom is 0.168 e. The normalized spacial score (nSPS) is 18.0. The Hall–Kier alpha value is -0.650. The van der Waals surface area contributed by atoms with Gasteiger partial charge in [0.1, 0.15) is 0 Å². The van der Waals surface area contributed by atoms with Gasteiger partial charge < -0.3 is 10.6 Å². The van der Waals surface area contributed by atoms with E-state index in [4.69, 9.17) is 12.2 Å². The molecule has 1 aliphatic rings. The Labute approximate surface area is 86.7 Å². The van der Waals surface area contributed by atoms with Gasteiger partial charge in [0, 0.05) is 11.4 Å². The highest BCUT2D eigenvalue weighted by Crippen LogP contribution is 2.11. The Bertz CT molecular complexity index is 274. The summed E-state index contributed by atoms with van der Waals surface area (Å²) in [6.07, 6.45) is 0. The van der Waals surface area contributed by atoms with Gasteiger partial charge in [0.15, 0.2) is 5.11 Å². The molecule has 3 nitrogen and oxygen atoms in total. The van der Waals surface area contributed by atoms with E-state index in [1.807, 2.05) is 0 Å².